The van der Waals surface area contributed by atoms with Crippen molar-refractivity contribution < 1.29 is 4.74 Å². The molecule has 3 N–H and O–H groups in total. The molecule has 1 aromatic rings. The number of rotatable bonds is 6. The summed E-state index contributed by atoms with van der Waals surface area (Å²) in [6.45, 7) is 2.84. The van der Waals surface area contributed by atoms with Crippen LogP contribution < -0.4 is 11.3 Å². The Kier molecular flexibility index (Phi) is 6.92. The smallest absolute Gasteiger partial charge is 0.0851 e. The molecule has 1 aliphatic carbocycles. The lowest BCUT2D eigenvalue weighted by Gasteiger charge is -2.40. The third-order valence-corrected chi connectivity index (χ3v) is 5.29. The number of hydrazine groups is 1. The van der Waals surface area contributed by atoms with Gasteiger partial charge >= 0.3 is 0 Å². The van der Waals surface area contributed by atoms with Gasteiger partial charge in [-0.1, -0.05) is 37.8 Å². The van der Waals surface area contributed by atoms with Crippen LogP contribution in [0.2, 0.25) is 0 Å². The van der Waals surface area contributed by atoms with Crippen LogP contribution in [0.15, 0.2) is 24.3 Å². The Hall–Kier alpha value is -0.170. The Balaban J connectivity index is 2.16. The predicted molar refractivity (Wildman–Crippen MR) is 96.0 cm³/mol. The van der Waals surface area contributed by atoms with E-state index < -0.39 is 0 Å². The number of benzene rings is 1. The van der Waals surface area contributed by atoms with Crippen molar-refractivity contribution >= 4 is 22.6 Å². The lowest BCUT2D eigenvalue weighted by atomic mass is 9.83. The Morgan fingerprint density at radius 2 is 1.81 bits per heavy atom. The van der Waals surface area contributed by atoms with Crippen LogP contribution in [0.3, 0.4) is 0 Å². The quantitative estimate of drug-likeness (QED) is 0.329. The molecule has 1 atom stereocenters. The molecule has 0 heterocycles. The maximum absolute atomic E-state index is 6.26. The molecule has 3 nitrogen and oxygen atoms in total. The Labute approximate surface area is 142 Å². The van der Waals surface area contributed by atoms with Gasteiger partial charge in [-0.2, -0.15) is 0 Å². The minimum Gasteiger partial charge on any atom is -0.374 e. The molecule has 118 valence electrons. The number of hydrogen-bond acceptors (Lipinski definition) is 3. The lowest BCUT2D eigenvalue weighted by molar-refractivity contribution is -0.0768. The fourth-order valence-electron chi connectivity index (χ4n) is 3.46. The van der Waals surface area contributed by atoms with Crippen molar-refractivity contribution in [1.82, 2.24) is 5.43 Å². The van der Waals surface area contributed by atoms with Crippen LogP contribution in [-0.4, -0.2) is 18.2 Å². The third kappa shape index (κ3) is 4.65. The monoisotopic (exact) mass is 402 g/mol. The van der Waals surface area contributed by atoms with Gasteiger partial charge in [0.1, 0.15) is 0 Å². The first kappa shape index (κ1) is 17.2. The first-order valence-corrected chi connectivity index (χ1v) is 9.12. The zero-order chi connectivity index (χ0) is 15.1. The molecule has 0 bridgehead atoms. The van der Waals surface area contributed by atoms with Gasteiger partial charge in [0.2, 0.25) is 0 Å². The summed E-state index contributed by atoms with van der Waals surface area (Å²) in [4.78, 5) is 0. The highest BCUT2D eigenvalue weighted by molar-refractivity contribution is 14.1. The standard InChI is InChI=1S/C17H27IN2O/c1-2-21-17(11-5-3-4-6-12-17)16(20-19)13-14-7-9-15(18)10-8-14/h7-10,16,20H,2-6,11-13,19H2,1H3. The van der Waals surface area contributed by atoms with Crippen LogP contribution in [-0.2, 0) is 11.2 Å². The van der Waals surface area contributed by atoms with Crippen LogP contribution in [0.25, 0.3) is 0 Å². The van der Waals surface area contributed by atoms with Gasteiger partial charge in [-0.15, -0.1) is 0 Å². The molecule has 0 spiro atoms. The van der Waals surface area contributed by atoms with Gasteiger partial charge in [0, 0.05) is 10.2 Å². The van der Waals surface area contributed by atoms with Gasteiger partial charge in [-0.05, 0) is 66.5 Å². The second-order valence-corrected chi connectivity index (χ2v) is 7.21. The van der Waals surface area contributed by atoms with Crippen molar-refractivity contribution in [3.8, 4) is 0 Å². The van der Waals surface area contributed by atoms with Crippen molar-refractivity contribution in [3.63, 3.8) is 0 Å². The van der Waals surface area contributed by atoms with Gasteiger partial charge < -0.3 is 4.74 Å². The van der Waals surface area contributed by atoms with E-state index in [9.17, 15) is 0 Å². The number of hydrogen-bond donors (Lipinski definition) is 2. The van der Waals surface area contributed by atoms with E-state index in [1.807, 2.05) is 0 Å². The first-order valence-electron chi connectivity index (χ1n) is 8.05. The van der Waals surface area contributed by atoms with E-state index in [0.29, 0.717) is 0 Å². The molecule has 1 aliphatic rings. The molecule has 1 aromatic carbocycles. The number of nitrogens with two attached hydrogens (primary N) is 1. The zero-order valence-corrected chi connectivity index (χ0v) is 15.1. The normalized spacial score (nSPS) is 20.0. The zero-order valence-electron chi connectivity index (χ0n) is 12.9. The summed E-state index contributed by atoms with van der Waals surface area (Å²) in [5, 5.41) is 0. The van der Waals surface area contributed by atoms with Gasteiger partial charge in [0.25, 0.3) is 0 Å². The van der Waals surface area contributed by atoms with Gasteiger partial charge in [-0.25, -0.2) is 0 Å². The third-order valence-electron chi connectivity index (χ3n) is 4.57. The van der Waals surface area contributed by atoms with E-state index in [1.54, 1.807) is 0 Å². The second kappa shape index (κ2) is 8.46. The molecular formula is C17H27IN2O. The van der Waals surface area contributed by atoms with Crippen molar-refractivity contribution in [2.45, 2.75) is 63.5 Å². The Morgan fingerprint density at radius 3 is 2.33 bits per heavy atom. The molecule has 0 radical (unpaired) electrons. The van der Waals surface area contributed by atoms with E-state index in [-0.39, 0.29) is 11.6 Å². The fourth-order valence-corrected chi connectivity index (χ4v) is 3.82. The molecule has 1 unspecified atom stereocenters. The number of halogens is 1. The van der Waals surface area contributed by atoms with E-state index in [0.717, 1.165) is 25.9 Å². The molecular weight excluding hydrogens is 375 g/mol. The molecule has 0 aromatic heterocycles. The molecule has 21 heavy (non-hydrogen) atoms. The van der Waals surface area contributed by atoms with Crippen LogP contribution >= 0.6 is 22.6 Å². The minimum atomic E-state index is -0.108. The average molecular weight is 402 g/mol. The number of nitrogens with one attached hydrogen (secondary N) is 1. The van der Waals surface area contributed by atoms with E-state index in [1.165, 1.54) is 34.8 Å². The van der Waals surface area contributed by atoms with Gasteiger partial charge in [0.05, 0.1) is 11.6 Å². The summed E-state index contributed by atoms with van der Waals surface area (Å²) >= 11 is 2.34. The first-order chi connectivity index (χ1) is 10.2. The largest absolute Gasteiger partial charge is 0.374 e. The highest BCUT2D eigenvalue weighted by Crippen LogP contribution is 2.34. The summed E-state index contributed by atoms with van der Waals surface area (Å²) in [6, 6.07) is 8.88. The molecule has 4 heteroatoms. The van der Waals surface area contributed by atoms with Crippen molar-refractivity contribution in [2.24, 2.45) is 5.84 Å². The number of ether oxygens (including phenoxy) is 1. The van der Waals surface area contributed by atoms with Crippen molar-refractivity contribution in [3.05, 3.63) is 33.4 Å². The van der Waals surface area contributed by atoms with Crippen LogP contribution in [0.5, 0.6) is 0 Å². The molecule has 0 amide bonds. The maximum atomic E-state index is 6.26. The predicted octanol–water partition coefficient (Wildman–Crippen LogP) is 3.80. The van der Waals surface area contributed by atoms with Crippen molar-refractivity contribution in [1.29, 1.82) is 0 Å². The average Bonchev–Trinajstić information content (AvgIpc) is 2.73. The molecule has 2 rings (SSSR count). The fraction of sp³-hybridized carbons (Fsp3) is 0.647. The summed E-state index contributed by atoms with van der Waals surface area (Å²) < 4.78 is 7.52. The Bertz CT molecular complexity index is 413. The van der Waals surface area contributed by atoms with Gasteiger partial charge in [0.15, 0.2) is 0 Å². The van der Waals surface area contributed by atoms with Crippen molar-refractivity contribution in [2.75, 3.05) is 6.61 Å². The Morgan fingerprint density at radius 1 is 1.19 bits per heavy atom. The van der Waals surface area contributed by atoms with Crippen LogP contribution in [0, 0.1) is 3.57 Å². The second-order valence-electron chi connectivity index (χ2n) is 5.96. The van der Waals surface area contributed by atoms with Crippen LogP contribution in [0.4, 0.5) is 0 Å². The molecule has 0 saturated heterocycles. The maximum Gasteiger partial charge on any atom is 0.0851 e. The highest BCUT2D eigenvalue weighted by atomic mass is 127. The summed E-state index contributed by atoms with van der Waals surface area (Å²) in [7, 11) is 0. The molecule has 1 fully saturated rings. The highest BCUT2D eigenvalue weighted by Gasteiger charge is 2.39. The molecule has 1 saturated carbocycles. The van der Waals surface area contributed by atoms with E-state index >= 15 is 0 Å². The summed E-state index contributed by atoms with van der Waals surface area (Å²) in [6.07, 6.45) is 8.26. The lowest BCUT2D eigenvalue weighted by Crippen LogP contribution is -2.56. The SMILES string of the molecule is CCOC1(C(Cc2ccc(I)cc2)NN)CCCCCC1. The summed E-state index contributed by atoms with van der Waals surface area (Å²) in [5.74, 6) is 5.92. The van der Waals surface area contributed by atoms with Gasteiger partial charge in [-0.3, -0.25) is 11.3 Å². The minimum absolute atomic E-state index is 0.108. The topological polar surface area (TPSA) is 47.3 Å². The van der Waals surface area contributed by atoms with Crippen LogP contribution in [0.1, 0.15) is 51.0 Å². The van der Waals surface area contributed by atoms with E-state index in [2.05, 4.69) is 59.2 Å². The molecule has 0 aliphatic heterocycles. The van der Waals surface area contributed by atoms with E-state index in [4.69, 9.17) is 10.6 Å². The summed E-state index contributed by atoms with van der Waals surface area (Å²) in [5.41, 5.74) is 4.27.